The fraction of sp³-hybridized carbons (Fsp3) is 0.300. The smallest absolute Gasteiger partial charge is 0.339 e. The number of methoxy groups -OCH3 is 1. The molecule has 0 amide bonds. The Morgan fingerprint density at radius 2 is 2.40 bits per heavy atom. The quantitative estimate of drug-likeness (QED) is 0.424. The molecule has 0 aliphatic rings. The van der Waals surface area contributed by atoms with E-state index in [1.807, 2.05) is 6.92 Å². The number of carbonyl (C=O) groups excluding carboxylic acids is 1. The van der Waals surface area contributed by atoms with Crippen LogP contribution in [0.15, 0.2) is 23.5 Å². The number of hydrogen-bond acceptors (Lipinski definition) is 5. The molecule has 0 unspecified atom stereocenters. The van der Waals surface area contributed by atoms with Crippen LogP contribution in [-0.4, -0.2) is 30.9 Å². The van der Waals surface area contributed by atoms with Gasteiger partial charge in [0.15, 0.2) is 0 Å². The fourth-order valence-electron chi connectivity index (χ4n) is 0.886. The van der Waals surface area contributed by atoms with Crippen molar-refractivity contribution in [3.05, 3.63) is 29.6 Å². The summed E-state index contributed by atoms with van der Waals surface area (Å²) in [5.41, 5.74) is 1.03. The Balaban J connectivity index is 2.68. The molecule has 0 saturated heterocycles. The van der Waals surface area contributed by atoms with Gasteiger partial charge in [0.1, 0.15) is 6.61 Å². The van der Waals surface area contributed by atoms with Crippen LogP contribution in [0.2, 0.25) is 0 Å². The summed E-state index contributed by atoms with van der Waals surface area (Å²) in [5, 5.41) is 3.65. The van der Waals surface area contributed by atoms with Crippen molar-refractivity contribution in [2.75, 3.05) is 13.7 Å². The van der Waals surface area contributed by atoms with E-state index in [1.54, 1.807) is 12.1 Å². The van der Waals surface area contributed by atoms with Crippen LogP contribution in [0.25, 0.3) is 0 Å². The van der Waals surface area contributed by atoms with E-state index in [2.05, 4.69) is 14.9 Å². The molecule has 0 bridgehead atoms. The molecule has 0 saturated carbocycles. The Labute approximate surface area is 87.7 Å². The van der Waals surface area contributed by atoms with Gasteiger partial charge in [0.05, 0.1) is 24.6 Å². The van der Waals surface area contributed by atoms with Gasteiger partial charge in [-0.15, -0.1) is 0 Å². The molecule has 0 aromatic carbocycles. The second-order valence-corrected chi connectivity index (χ2v) is 2.62. The normalized spacial score (nSPS) is 10.3. The van der Waals surface area contributed by atoms with Gasteiger partial charge in [-0.25, -0.2) is 4.79 Å². The third-order valence-electron chi connectivity index (χ3n) is 1.60. The van der Waals surface area contributed by atoms with Crippen LogP contribution < -0.4 is 0 Å². The number of rotatable bonds is 4. The molecule has 1 rings (SSSR count). The predicted molar refractivity (Wildman–Crippen MR) is 54.8 cm³/mol. The summed E-state index contributed by atoms with van der Waals surface area (Å²) in [7, 11) is 1.33. The Kier molecular flexibility index (Phi) is 4.28. The summed E-state index contributed by atoms with van der Waals surface area (Å²) in [6.07, 6.45) is 2.91. The third-order valence-corrected chi connectivity index (χ3v) is 1.60. The van der Waals surface area contributed by atoms with Crippen molar-refractivity contribution in [3.8, 4) is 0 Å². The van der Waals surface area contributed by atoms with Gasteiger partial charge in [0.25, 0.3) is 0 Å². The summed E-state index contributed by atoms with van der Waals surface area (Å²) >= 11 is 0. The van der Waals surface area contributed by atoms with Crippen molar-refractivity contribution in [1.29, 1.82) is 0 Å². The highest BCUT2D eigenvalue weighted by molar-refractivity contribution is 5.89. The number of oxime groups is 1. The van der Waals surface area contributed by atoms with Crippen LogP contribution in [-0.2, 0) is 9.57 Å². The summed E-state index contributed by atoms with van der Waals surface area (Å²) in [4.78, 5) is 19.8. The maximum atomic E-state index is 11.1. The fourth-order valence-corrected chi connectivity index (χ4v) is 0.886. The summed E-state index contributed by atoms with van der Waals surface area (Å²) < 4.78 is 4.54. The highest BCUT2D eigenvalue weighted by Crippen LogP contribution is 2.00. The van der Waals surface area contributed by atoms with Gasteiger partial charge in [-0.05, 0) is 19.1 Å². The average Bonchev–Trinajstić information content (AvgIpc) is 2.29. The summed E-state index contributed by atoms with van der Waals surface area (Å²) in [6.45, 7) is 2.35. The second-order valence-electron chi connectivity index (χ2n) is 2.62. The number of esters is 1. The highest BCUT2D eigenvalue weighted by atomic mass is 16.6. The Hall–Kier alpha value is -1.91. The lowest BCUT2D eigenvalue weighted by Gasteiger charge is -1.98. The molecule has 1 heterocycles. The van der Waals surface area contributed by atoms with Crippen molar-refractivity contribution >= 4 is 12.2 Å². The zero-order valence-electron chi connectivity index (χ0n) is 8.64. The molecular weight excluding hydrogens is 196 g/mol. The lowest BCUT2D eigenvalue weighted by molar-refractivity contribution is 0.0600. The van der Waals surface area contributed by atoms with Crippen LogP contribution in [0.4, 0.5) is 0 Å². The maximum absolute atomic E-state index is 11.1. The van der Waals surface area contributed by atoms with E-state index in [9.17, 15) is 4.79 Å². The highest BCUT2D eigenvalue weighted by Gasteiger charge is 2.04. The molecule has 0 fully saturated rings. The summed E-state index contributed by atoms with van der Waals surface area (Å²) in [5.74, 6) is -0.407. The lowest BCUT2D eigenvalue weighted by atomic mass is 10.2. The molecule has 80 valence electrons. The molecule has 1 aromatic heterocycles. The van der Waals surface area contributed by atoms with E-state index in [-0.39, 0.29) is 0 Å². The molecule has 0 atom stereocenters. The zero-order valence-corrected chi connectivity index (χ0v) is 8.64. The molecule has 5 nitrogen and oxygen atoms in total. The first-order chi connectivity index (χ1) is 7.27. The Morgan fingerprint density at radius 1 is 1.60 bits per heavy atom. The second kappa shape index (κ2) is 5.74. The zero-order chi connectivity index (χ0) is 11.1. The molecule has 0 N–H and O–H groups in total. The van der Waals surface area contributed by atoms with E-state index < -0.39 is 5.97 Å². The van der Waals surface area contributed by atoms with Gasteiger partial charge < -0.3 is 9.57 Å². The standard InChI is InChI=1S/C10H12N2O3/c1-3-15-12-7-9-5-4-8(6-11-9)10(13)14-2/h4-7H,3H2,1-2H3/b12-7+. The van der Waals surface area contributed by atoms with Crippen molar-refractivity contribution in [2.45, 2.75) is 6.92 Å². The van der Waals surface area contributed by atoms with Crippen LogP contribution in [0.3, 0.4) is 0 Å². The van der Waals surface area contributed by atoms with Crippen molar-refractivity contribution < 1.29 is 14.4 Å². The number of nitrogens with zero attached hydrogens (tertiary/aromatic N) is 2. The van der Waals surface area contributed by atoms with Gasteiger partial charge in [-0.1, -0.05) is 5.16 Å². The third kappa shape index (κ3) is 3.38. The first-order valence-corrected chi connectivity index (χ1v) is 4.47. The largest absolute Gasteiger partial charge is 0.465 e. The van der Waals surface area contributed by atoms with E-state index in [4.69, 9.17) is 4.84 Å². The first kappa shape index (κ1) is 11.2. The van der Waals surface area contributed by atoms with E-state index in [0.29, 0.717) is 17.9 Å². The van der Waals surface area contributed by atoms with Gasteiger partial charge in [0.2, 0.25) is 0 Å². The Morgan fingerprint density at radius 3 is 2.93 bits per heavy atom. The molecule has 0 spiro atoms. The number of ether oxygens (including phenoxy) is 1. The number of pyridine rings is 1. The Bertz CT molecular complexity index is 346. The molecule has 0 aliphatic carbocycles. The van der Waals surface area contributed by atoms with E-state index >= 15 is 0 Å². The van der Waals surface area contributed by atoms with Gasteiger partial charge >= 0.3 is 5.97 Å². The minimum atomic E-state index is -0.407. The summed E-state index contributed by atoms with van der Waals surface area (Å²) in [6, 6.07) is 3.28. The predicted octanol–water partition coefficient (Wildman–Crippen LogP) is 1.24. The molecule has 1 aromatic rings. The van der Waals surface area contributed by atoms with Gasteiger partial charge in [-0.3, -0.25) is 4.98 Å². The van der Waals surface area contributed by atoms with Gasteiger partial charge in [-0.2, -0.15) is 0 Å². The van der Waals surface area contributed by atoms with Crippen molar-refractivity contribution in [3.63, 3.8) is 0 Å². The molecule has 15 heavy (non-hydrogen) atoms. The lowest BCUT2D eigenvalue weighted by Crippen LogP contribution is -2.02. The monoisotopic (exact) mass is 208 g/mol. The minimum absolute atomic E-state index is 0.407. The van der Waals surface area contributed by atoms with Crippen molar-refractivity contribution in [2.24, 2.45) is 5.16 Å². The van der Waals surface area contributed by atoms with Crippen LogP contribution in [0, 0.1) is 0 Å². The van der Waals surface area contributed by atoms with Crippen LogP contribution in [0.1, 0.15) is 23.0 Å². The van der Waals surface area contributed by atoms with Crippen LogP contribution >= 0.6 is 0 Å². The SMILES string of the molecule is CCO/N=C/c1ccc(C(=O)OC)cn1. The molecule has 0 radical (unpaired) electrons. The van der Waals surface area contributed by atoms with E-state index in [1.165, 1.54) is 19.5 Å². The van der Waals surface area contributed by atoms with Crippen LogP contribution in [0.5, 0.6) is 0 Å². The molecule has 0 aliphatic heterocycles. The molecular formula is C10H12N2O3. The maximum Gasteiger partial charge on any atom is 0.339 e. The first-order valence-electron chi connectivity index (χ1n) is 4.47. The van der Waals surface area contributed by atoms with E-state index in [0.717, 1.165) is 0 Å². The van der Waals surface area contributed by atoms with Gasteiger partial charge in [0, 0.05) is 6.20 Å². The van der Waals surface area contributed by atoms with Crippen molar-refractivity contribution in [1.82, 2.24) is 4.98 Å². The number of hydrogen-bond donors (Lipinski definition) is 0. The topological polar surface area (TPSA) is 60.8 Å². The number of aromatic nitrogens is 1. The average molecular weight is 208 g/mol. The molecule has 5 heteroatoms. The number of carbonyl (C=O) groups is 1. The minimum Gasteiger partial charge on any atom is -0.465 e.